The molecule has 0 bridgehead atoms. The van der Waals surface area contributed by atoms with Crippen LogP contribution in [0.1, 0.15) is 15.9 Å². The molecular formula is C18H19N3O6S. The largest absolute Gasteiger partial charge is 0.504 e. The highest BCUT2D eigenvalue weighted by atomic mass is 32.2. The second-order valence-corrected chi connectivity index (χ2v) is 7.93. The van der Waals surface area contributed by atoms with Crippen molar-refractivity contribution < 1.29 is 28.2 Å². The molecule has 0 radical (unpaired) electrons. The van der Waals surface area contributed by atoms with E-state index in [1.807, 2.05) is 0 Å². The van der Waals surface area contributed by atoms with Gasteiger partial charge in [0.15, 0.2) is 11.5 Å². The lowest BCUT2D eigenvalue weighted by Crippen LogP contribution is -2.40. The fourth-order valence-electron chi connectivity index (χ4n) is 2.58. The number of hydrogen-bond acceptors (Lipinski definition) is 7. The minimum absolute atomic E-state index is 0.0227. The number of carbonyl (C=O) groups is 1. The van der Waals surface area contributed by atoms with Crippen LogP contribution >= 0.6 is 0 Å². The van der Waals surface area contributed by atoms with Gasteiger partial charge < -0.3 is 14.9 Å². The number of amides is 1. The molecule has 0 aromatic heterocycles. The van der Waals surface area contributed by atoms with Crippen LogP contribution in [0.3, 0.4) is 0 Å². The SMILES string of the molecule is O=C(N/N=C/c1ccc(O)c(O)c1)c1cccc(S(=O)(=O)N2CCOCC2)c1. The summed E-state index contributed by atoms with van der Waals surface area (Å²) in [4.78, 5) is 12.3. The highest BCUT2D eigenvalue weighted by Gasteiger charge is 2.26. The molecule has 2 aromatic rings. The van der Waals surface area contributed by atoms with Crippen LogP contribution < -0.4 is 5.43 Å². The normalized spacial score (nSPS) is 15.6. The van der Waals surface area contributed by atoms with Gasteiger partial charge in [-0.1, -0.05) is 6.07 Å². The Labute approximate surface area is 161 Å². The van der Waals surface area contributed by atoms with Crippen molar-refractivity contribution in [2.45, 2.75) is 4.90 Å². The van der Waals surface area contributed by atoms with E-state index >= 15 is 0 Å². The summed E-state index contributed by atoms with van der Waals surface area (Å²) in [7, 11) is -3.71. The molecular weight excluding hydrogens is 386 g/mol. The van der Waals surface area contributed by atoms with Crippen molar-refractivity contribution in [2.24, 2.45) is 5.10 Å². The highest BCUT2D eigenvalue weighted by molar-refractivity contribution is 7.89. The minimum atomic E-state index is -3.71. The van der Waals surface area contributed by atoms with Crippen LogP contribution in [-0.2, 0) is 14.8 Å². The zero-order chi connectivity index (χ0) is 20.1. The minimum Gasteiger partial charge on any atom is -0.504 e. The van der Waals surface area contributed by atoms with E-state index < -0.39 is 15.9 Å². The van der Waals surface area contributed by atoms with Gasteiger partial charge >= 0.3 is 0 Å². The van der Waals surface area contributed by atoms with Crippen molar-refractivity contribution in [2.75, 3.05) is 26.3 Å². The van der Waals surface area contributed by atoms with E-state index in [0.29, 0.717) is 18.8 Å². The molecule has 9 nitrogen and oxygen atoms in total. The van der Waals surface area contributed by atoms with Gasteiger partial charge in [0.1, 0.15) is 0 Å². The topological polar surface area (TPSA) is 129 Å². The number of phenols is 2. The molecule has 0 atom stereocenters. The van der Waals surface area contributed by atoms with Gasteiger partial charge in [0, 0.05) is 18.7 Å². The van der Waals surface area contributed by atoms with E-state index in [1.54, 1.807) is 0 Å². The van der Waals surface area contributed by atoms with Crippen molar-refractivity contribution in [1.29, 1.82) is 0 Å². The molecule has 1 amide bonds. The Hall–Kier alpha value is -2.95. The summed E-state index contributed by atoms with van der Waals surface area (Å²) < 4.78 is 31.9. The molecule has 1 heterocycles. The molecule has 1 fully saturated rings. The van der Waals surface area contributed by atoms with E-state index in [-0.39, 0.29) is 35.0 Å². The highest BCUT2D eigenvalue weighted by Crippen LogP contribution is 2.24. The first-order valence-corrected chi connectivity index (χ1v) is 9.85. The van der Waals surface area contributed by atoms with Crippen LogP contribution in [0.2, 0.25) is 0 Å². The molecule has 1 aliphatic rings. The fraction of sp³-hybridized carbons (Fsp3) is 0.222. The van der Waals surface area contributed by atoms with Crippen LogP contribution in [0.15, 0.2) is 52.5 Å². The zero-order valence-electron chi connectivity index (χ0n) is 14.8. The molecule has 148 valence electrons. The molecule has 0 saturated carbocycles. The lowest BCUT2D eigenvalue weighted by molar-refractivity contribution is 0.0730. The third-order valence-electron chi connectivity index (χ3n) is 4.08. The van der Waals surface area contributed by atoms with Crippen molar-refractivity contribution in [3.8, 4) is 11.5 Å². The molecule has 3 N–H and O–H groups in total. The van der Waals surface area contributed by atoms with Crippen LogP contribution in [0, 0.1) is 0 Å². The first-order chi connectivity index (χ1) is 13.4. The number of nitrogens with zero attached hydrogens (tertiary/aromatic N) is 2. The lowest BCUT2D eigenvalue weighted by Gasteiger charge is -2.26. The van der Waals surface area contributed by atoms with Gasteiger partial charge in [0.25, 0.3) is 5.91 Å². The predicted molar refractivity (Wildman–Crippen MR) is 101 cm³/mol. The molecule has 3 rings (SSSR count). The van der Waals surface area contributed by atoms with Crippen molar-refractivity contribution in [3.63, 3.8) is 0 Å². The molecule has 0 unspecified atom stereocenters. The molecule has 2 aromatic carbocycles. The summed E-state index contributed by atoms with van der Waals surface area (Å²) in [5.41, 5.74) is 2.89. The summed E-state index contributed by atoms with van der Waals surface area (Å²) >= 11 is 0. The Kier molecular flexibility index (Phi) is 5.93. The number of aromatic hydroxyl groups is 2. The third kappa shape index (κ3) is 4.47. The fourth-order valence-corrected chi connectivity index (χ4v) is 4.04. The zero-order valence-corrected chi connectivity index (χ0v) is 15.6. The maximum absolute atomic E-state index is 12.7. The number of hydrazone groups is 1. The smallest absolute Gasteiger partial charge is 0.271 e. The van der Waals surface area contributed by atoms with Gasteiger partial charge in [-0.05, 0) is 42.0 Å². The van der Waals surface area contributed by atoms with Gasteiger partial charge in [-0.3, -0.25) is 4.79 Å². The number of ether oxygens (including phenoxy) is 1. The summed E-state index contributed by atoms with van der Waals surface area (Å²) in [5.74, 6) is -1.16. The second kappa shape index (κ2) is 8.38. The number of morpholine rings is 1. The average Bonchev–Trinajstić information content (AvgIpc) is 2.71. The van der Waals surface area contributed by atoms with Gasteiger partial charge in [0.2, 0.25) is 10.0 Å². The van der Waals surface area contributed by atoms with Crippen molar-refractivity contribution in [1.82, 2.24) is 9.73 Å². The van der Waals surface area contributed by atoms with E-state index in [9.17, 15) is 23.4 Å². The number of rotatable bonds is 5. The Morgan fingerprint density at radius 3 is 2.57 bits per heavy atom. The molecule has 0 spiro atoms. The molecule has 10 heteroatoms. The van der Waals surface area contributed by atoms with E-state index in [2.05, 4.69) is 10.5 Å². The first kappa shape index (κ1) is 19.8. The number of sulfonamides is 1. The predicted octanol–water partition coefficient (Wildman–Crippen LogP) is 0.883. The quantitative estimate of drug-likeness (QED) is 0.385. The van der Waals surface area contributed by atoms with Crippen LogP contribution in [0.5, 0.6) is 11.5 Å². The Morgan fingerprint density at radius 1 is 1.11 bits per heavy atom. The van der Waals surface area contributed by atoms with Gasteiger partial charge in [0.05, 0.1) is 24.3 Å². The first-order valence-electron chi connectivity index (χ1n) is 8.41. The molecule has 1 aliphatic heterocycles. The Bertz CT molecular complexity index is 1000. The number of nitrogens with one attached hydrogen (secondary N) is 1. The van der Waals surface area contributed by atoms with Crippen LogP contribution in [0.4, 0.5) is 0 Å². The number of carbonyl (C=O) groups excluding carboxylic acids is 1. The van der Waals surface area contributed by atoms with Crippen LogP contribution in [0.25, 0.3) is 0 Å². The summed E-state index contributed by atoms with van der Waals surface area (Å²) in [6.45, 7) is 1.20. The number of phenolic OH excluding ortho intramolecular Hbond substituents is 2. The number of benzene rings is 2. The lowest BCUT2D eigenvalue weighted by atomic mass is 10.2. The van der Waals surface area contributed by atoms with Gasteiger partial charge in [-0.15, -0.1) is 0 Å². The Morgan fingerprint density at radius 2 is 1.86 bits per heavy atom. The van der Waals surface area contributed by atoms with E-state index in [1.165, 1.54) is 53.0 Å². The summed E-state index contributed by atoms with van der Waals surface area (Å²) in [5, 5.41) is 22.5. The van der Waals surface area contributed by atoms with E-state index in [4.69, 9.17) is 4.74 Å². The molecule has 0 aliphatic carbocycles. The van der Waals surface area contributed by atoms with Crippen LogP contribution in [-0.4, -0.2) is 61.4 Å². The summed E-state index contributed by atoms with van der Waals surface area (Å²) in [6.07, 6.45) is 1.28. The summed E-state index contributed by atoms with van der Waals surface area (Å²) in [6, 6.07) is 9.77. The maximum atomic E-state index is 12.7. The van der Waals surface area contributed by atoms with Gasteiger partial charge in [-0.2, -0.15) is 9.41 Å². The average molecular weight is 405 g/mol. The standard InChI is InChI=1S/C18H19N3O6S/c22-16-5-4-13(10-17(16)23)12-19-20-18(24)14-2-1-3-15(11-14)28(25,26)21-6-8-27-9-7-21/h1-5,10-12,22-23H,6-9H2,(H,20,24)/b19-12+. The monoisotopic (exact) mass is 405 g/mol. The molecule has 28 heavy (non-hydrogen) atoms. The maximum Gasteiger partial charge on any atom is 0.271 e. The Balaban J connectivity index is 1.71. The second-order valence-electron chi connectivity index (χ2n) is 5.99. The molecule has 1 saturated heterocycles. The third-order valence-corrected chi connectivity index (χ3v) is 5.98. The number of hydrogen-bond donors (Lipinski definition) is 3. The van der Waals surface area contributed by atoms with Crippen molar-refractivity contribution >= 4 is 22.1 Å². The van der Waals surface area contributed by atoms with Gasteiger partial charge in [-0.25, -0.2) is 13.8 Å². The van der Waals surface area contributed by atoms with Crippen molar-refractivity contribution in [3.05, 3.63) is 53.6 Å². The van der Waals surface area contributed by atoms with E-state index in [0.717, 1.165) is 0 Å².